The number of ketones is 1. The van der Waals surface area contributed by atoms with Gasteiger partial charge in [0, 0.05) is 19.1 Å². The zero-order valence-corrected chi connectivity index (χ0v) is 10.3. The second kappa shape index (κ2) is 5.43. The molecule has 1 aliphatic heterocycles. The summed E-state index contributed by atoms with van der Waals surface area (Å²) in [5.41, 5.74) is 6.99. The minimum absolute atomic E-state index is 0.0938. The molecule has 1 saturated heterocycles. The van der Waals surface area contributed by atoms with Gasteiger partial charge < -0.3 is 5.73 Å². The third-order valence-corrected chi connectivity index (χ3v) is 3.44. The van der Waals surface area contributed by atoms with Crippen LogP contribution in [0, 0.1) is 0 Å². The number of hydrogen-bond acceptors (Lipinski definition) is 3. The quantitative estimate of drug-likeness (QED) is 0.863. The Morgan fingerprint density at radius 1 is 1.29 bits per heavy atom. The molecule has 0 aliphatic carbocycles. The highest BCUT2D eigenvalue weighted by molar-refractivity contribution is 5.82. The number of likely N-dealkylation sites (tertiary alicyclic amines) is 1. The number of carbonyl (C=O) groups is 1. The highest BCUT2D eigenvalue weighted by atomic mass is 16.1. The van der Waals surface area contributed by atoms with E-state index in [0.717, 1.165) is 31.5 Å². The molecular formula is C14H20N2O. The molecule has 3 nitrogen and oxygen atoms in total. The largest absolute Gasteiger partial charge is 0.328 e. The molecule has 17 heavy (non-hydrogen) atoms. The van der Waals surface area contributed by atoms with Crippen molar-refractivity contribution in [3.05, 3.63) is 35.9 Å². The van der Waals surface area contributed by atoms with Gasteiger partial charge in [0.25, 0.3) is 0 Å². The maximum Gasteiger partial charge on any atom is 0.151 e. The van der Waals surface area contributed by atoms with E-state index >= 15 is 0 Å². The topological polar surface area (TPSA) is 46.3 Å². The smallest absolute Gasteiger partial charge is 0.151 e. The molecule has 0 amide bonds. The Bertz CT molecular complexity index is 369. The number of Topliss-reactive ketones (excluding diaryl/α,β-unsaturated/α-hetero) is 1. The van der Waals surface area contributed by atoms with E-state index in [4.69, 9.17) is 5.73 Å². The van der Waals surface area contributed by atoms with E-state index in [1.807, 2.05) is 30.3 Å². The lowest BCUT2D eigenvalue weighted by atomic mass is 9.97. The molecule has 2 rings (SSSR count). The van der Waals surface area contributed by atoms with Crippen LogP contribution in [0.2, 0.25) is 0 Å². The van der Waals surface area contributed by atoms with Gasteiger partial charge in [-0.2, -0.15) is 0 Å². The first-order valence-corrected chi connectivity index (χ1v) is 6.23. The fourth-order valence-electron chi connectivity index (χ4n) is 2.52. The molecule has 0 spiro atoms. The van der Waals surface area contributed by atoms with Crippen LogP contribution in [0.1, 0.15) is 31.4 Å². The minimum Gasteiger partial charge on any atom is -0.328 e. The van der Waals surface area contributed by atoms with Gasteiger partial charge in [-0.1, -0.05) is 30.3 Å². The number of piperidine rings is 1. The number of rotatable bonds is 3. The molecule has 1 aromatic rings. The summed E-state index contributed by atoms with van der Waals surface area (Å²) in [6, 6.07) is 10.2. The van der Waals surface area contributed by atoms with Gasteiger partial charge in [0.2, 0.25) is 0 Å². The molecule has 1 unspecified atom stereocenters. The fourth-order valence-corrected chi connectivity index (χ4v) is 2.52. The molecule has 3 heteroatoms. The van der Waals surface area contributed by atoms with Gasteiger partial charge in [0.1, 0.15) is 0 Å². The Hall–Kier alpha value is -1.19. The molecule has 1 atom stereocenters. The monoisotopic (exact) mass is 232 g/mol. The van der Waals surface area contributed by atoms with Crippen LogP contribution in [0.15, 0.2) is 30.3 Å². The lowest BCUT2D eigenvalue weighted by molar-refractivity contribution is -0.122. The molecule has 1 heterocycles. The summed E-state index contributed by atoms with van der Waals surface area (Å²) in [6.07, 6.45) is 1.97. The summed E-state index contributed by atoms with van der Waals surface area (Å²) in [7, 11) is 0. The second-order valence-electron chi connectivity index (χ2n) is 4.80. The van der Waals surface area contributed by atoms with Crippen LogP contribution in [0.3, 0.4) is 0 Å². The van der Waals surface area contributed by atoms with Crippen LogP contribution in [-0.2, 0) is 4.79 Å². The Morgan fingerprint density at radius 2 is 1.88 bits per heavy atom. The van der Waals surface area contributed by atoms with Crippen LogP contribution in [0.25, 0.3) is 0 Å². The van der Waals surface area contributed by atoms with Gasteiger partial charge in [-0.3, -0.25) is 9.69 Å². The average Bonchev–Trinajstić information content (AvgIpc) is 2.33. The summed E-state index contributed by atoms with van der Waals surface area (Å²) in [5, 5.41) is 0. The number of nitrogens with zero attached hydrogens (tertiary/aromatic N) is 1. The molecule has 1 fully saturated rings. The summed E-state index contributed by atoms with van der Waals surface area (Å²) in [4.78, 5) is 14.1. The molecule has 1 aromatic carbocycles. The van der Waals surface area contributed by atoms with Gasteiger partial charge in [-0.15, -0.1) is 0 Å². The number of nitrogens with two attached hydrogens (primary N) is 1. The van der Waals surface area contributed by atoms with Crippen molar-refractivity contribution in [1.29, 1.82) is 0 Å². The average molecular weight is 232 g/mol. The number of carbonyl (C=O) groups excluding carboxylic acids is 1. The number of benzene rings is 1. The maximum atomic E-state index is 11.9. The van der Waals surface area contributed by atoms with Crippen molar-refractivity contribution in [2.45, 2.75) is 31.8 Å². The maximum absolute atomic E-state index is 11.9. The Kier molecular flexibility index (Phi) is 3.92. The fraction of sp³-hybridized carbons (Fsp3) is 0.500. The zero-order valence-electron chi connectivity index (χ0n) is 10.3. The van der Waals surface area contributed by atoms with Crippen LogP contribution >= 0.6 is 0 Å². The third kappa shape index (κ3) is 2.93. The number of hydrogen-bond donors (Lipinski definition) is 1. The zero-order chi connectivity index (χ0) is 12.3. The Morgan fingerprint density at radius 3 is 2.41 bits per heavy atom. The molecule has 0 radical (unpaired) electrons. The van der Waals surface area contributed by atoms with Crippen molar-refractivity contribution in [1.82, 2.24) is 4.90 Å². The second-order valence-corrected chi connectivity index (χ2v) is 4.80. The van der Waals surface area contributed by atoms with E-state index < -0.39 is 0 Å². The molecule has 0 bridgehead atoms. The van der Waals surface area contributed by atoms with Crippen LogP contribution in [0.5, 0.6) is 0 Å². The van der Waals surface area contributed by atoms with Crippen molar-refractivity contribution in [2.24, 2.45) is 5.73 Å². The first-order chi connectivity index (χ1) is 8.18. The normalized spacial score (nSPS) is 20.1. The molecule has 2 N–H and O–H groups in total. The highest BCUT2D eigenvalue weighted by Gasteiger charge is 2.27. The van der Waals surface area contributed by atoms with Gasteiger partial charge in [0.15, 0.2) is 5.78 Å². The molecule has 1 aliphatic rings. The van der Waals surface area contributed by atoms with Gasteiger partial charge in [-0.05, 0) is 25.3 Å². The van der Waals surface area contributed by atoms with Gasteiger partial charge in [-0.25, -0.2) is 0 Å². The van der Waals surface area contributed by atoms with E-state index in [1.165, 1.54) is 0 Å². The Balaban J connectivity index is 2.16. The van der Waals surface area contributed by atoms with E-state index in [0.29, 0.717) is 6.04 Å². The standard InChI is InChI=1S/C14H20N2O/c1-11(17)14(12-5-3-2-4-6-12)16-9-7-13(15)8-10-16/h2-6,13-14H,7-10,15H2,1H3. The van der Waals surface area contributed by atoms with Crippen LogP contribution < -0.4 is 5.73 Å². The summed E-state index contributed by atoms with van der Waals surface area (Å²) in [6.45, 7) is 3.51. The van der Waals surface area contributed by atoms with Crippen LogP contribution in [0.4, 0.5) is 0 Å². The van der Waals surface area contributed by atoms with E-state index in [2.05, 4.69) is 4.90 Å². The third-order valence-electron chi connectivity index (χ3n) is 3.44. The van der Waals surface area contributed by atoms with E-state index in [1.54, 1.807) is 6.92 Å². The van der Waals surface area contributed by atoms with Crippen molar-refractivity contribution >= 4 is 5.78 Å². The lowest BCUT2D eigenvalue weighted by Crippen LogP contribution is -2.43. The summed E-state index contributed by atoms with van der Waals surface area (Å²) in [5.74, 6) is 0.215. The van der Waals surface area contributed by atoms with Crippen molar-refractivity contribution in [3.63, 3.8) is 0 Å². The molecular weight excluding hydrogens is 212 g/mol. The van der Waals surface area contributed by atoms with Crippen molar-refractivity contribution in [2.75, 3.05) is 13.1 Å². The lowest BCUT2D eigenvalue weighted by Gasteiger charge is -2.35. The minimum atomic E-state index is -0.0938. The summed E-state index contributed by atoms with van der Waals surface area (Å²) >= 11 is 0. The molecule has 0 aromatic heterocycles. The van der Waals surface area contributed by atoms with Gasteiger partial charge >= 0.3 is 0 Å². The Labute approximate surface area is 103 Å². The highest BCUT2D eigenvalue weighted by Crippen LogP contribution is 2.24. The molecule has 0 saturated carbocycles. The van der Waals surface area contributed by atoms with E-state index in [-0.39, 0.29) is 11.8 Å². The predicted molar refractivity (Wildman–Crippen MR) is 68.6 cm³/mol. The first-order valence-electron chi connectivity index (χ1n) is 6.23. The van der Waals surface area contributed by atoms with Crippen molar-refractivity contribution < 1.29 is 4.79 Å². The first kappa shape index (κ1) is 12.3. The van der Waals surface area contributed by atoms with Crippen molar-refractivity contribution in [3.8, 4) is 0 Å². The van der Waals surface area contributed by atoms with E-state index in [9.17, 15) is 4.79 Å². The van der Waals surface area contributed by atoms with Crippen LogP contribution in [-0.4, -0.2) is 29.8 Å². The van der Waals surface area contributed by atoms with Gasteiger partial charge in [0.05, 0.1) is 6.04 Å². The SMILES string of the molecule is CC(=O)C(c1ccccc1)N1CCC(N)CC1. The summed E-state index contributed by atoms with van der Waals surface area (Å²) < 4.78 is 0. The predicted octanol–water partition coefficient (Wildman–Crippen LogP) is 1.74. The molecule has 92 valence electrons.